The highest BCUT2D eigenvalue weighted by Crippen LogP contribution is 2.32. The standard InChI is InChI=1S/C14H12N2O2S2/c1-7-9(14(17)18)6-10-12(7)13(19)16-11(15-10)5-8-3-2-4-20-8/h2-4H,5-6H2,1H3,(H,17,18)(H,15,16,19). The Balaban J connectivity index is 2.01. The molecule has 0 saturated carbocycles. The van der Waals surface area contributed by atoms with E-state index in [-0.39, 0.29) is 0 Å². The van der Waals surface area contributed by atoms with Crippen LogP contribution in [0.25, 0.3) is 5.57 Å². The Hall–Kier alpha value is -1.79. The van der Waals surface area contributed by atoms with Gasteiger partial charge in [0.05, 0.1) is 0 Å². The third-order valence-corrected chi connectivity index (χ3v) is 4.58. The van der Waals surface area contributed by atoms with Gasteiger partial charge in [0.15, 0.2) is 0 Å². The maximum absolute atomic E-state index is 11.2. The number of carboxylic acids is 1. The van der Waals surface area contributed by atoms with Gasteiger partial charge in [-0.25, -0.2) is 9.78 Å². The molecule has 20 heavy (non-hydrogen) atoms. The van der Waals surface area contributed by atoms with Gasteiger partial charge in [-0.05, 0) is 23.9 Å². The van der Waals surface area contributed by atoms with Gasteiger partial charge in [0.2, 0.25) is 0 Å². The van der Waals surface area contributed by atoms with Gasteiger partial charge in [-0.15, -0.1) is 11.3 Å². The zero-order chi connectivity index (χ0) is 14.3. The van der Waals surface area contributed by atoms with Gasteiger partial charge in [-0.1, -0.05) is 18.3 Å². The SMILES string of the molecule is CC1=C(C(=O)O)Cc2[nH]c(Cc3cccs3)nc(=S)c21. The first-order valence-corrected chi connectivity index (χ1v) is 7.43. The number of H-pyrrole nitrogens is 1. The van der Waals surface area contributed by atoms with Crippen LogP contribution in [0.15, 0.2) is 23.1 Å². The summed E-state index contributed by atoms with van der Waals surface area (Å²) in [5.74, 6) is -0.100. The van der Waals surface area contributed by atoms with Crippen molar-refractivity contribution < 1.29 is 9.90 Å². The van der Waals surface area contributed by atoms with E-state index in [9.17, 15) is 9.90 Å². The second kappa shape index (κ2) is 4.96. The predicted octanol–water partition coefficient (Wildman–Crippen LogP) is 3.21. The molecule has 0 atom stereocenters. The highest BCUT2D eigenvalue weighted by molar-refractivity contribution is 7.71. The number of aromatic amines is 1. The molecule has 2 N–H and O–H groups in total. The van der Waals surface area contributed by atoms with Crippen LogP contribution in [0.3, 0.4) is 0 Å². The molecule has 102 valence electrons. The van der Waals surface area contributed by atoms with E-state index in [1.54, 1.807) is 18.3 Å². The molecule has 0 saturated heterocycles. The number of aliphatic carboxylic acids is 1. The zero-order valence-electron chi connectivity index (χ0n) is 10.8. The van der Waals surface area contributed by atoms with Crippen molar-refractivity contribution in [3.8, 4) is 0 Å². The molecule has 2 aromatic heterocycles. The molecule has 0 spiro atoms. The molecule has 6 heteroatoms. The van der Waals surface area contributed by atoms with E-state index >= 15 is 0 Å². The lowest BCUT2D eigenvalue weighted by Crippen LogP contribution is -2.03. The van der Waals surface area contributed by atoms with Crippen molar-refractivity contribution >= 4 is 35.1 Å². The minimum Gasteiger partial charge on any atom is -0.478 e. The Morgan fingerprint density at radius 2 is 2.40 bits per heavy atom. The molecule has 0 radical (unpaired) electrons. The van der Waals surface area contributed by atoms with Crippen LogP contribution in [0.5, 0.6) is 0 Å². The lowest BCUT2D eigenvalue weighted by molar-refractivity contribution is -0.132. The first-order chi connectivity index (χ1) is 9.56. The normalized spacial score (nSPS) is 13.7. The number of hydrogen-bond acceptors (Lipinski definition) is 4. The van der Waals surface area contributed by atoms with Gasteiger partial charge in [-0.2, -0.15) is 0 Å². The summed E-state index contributed by atoms with van der Waals surface area (Å²) in [5, 5.41) is 11.2. The van der Waals surface area contributed by atoms with Crippen LogP contribution < -0.4 is 0 Å². The van der Waals surface area contributed by atoms with E-state index in [1.165, 1.54) is 4.88 Å². The number of nitrogens with zero attached hydrogens (tertiary/aromatic N) is 1. The summed E-state index contributed by atoms with van der Waals surface area (Å²) >= 11 is 6.99. The monoisotopic (exact) mass is 304 g/mol. The highest BCUT2D eigenvalue weighted by atomic mass is 32.1. The van der Waals surface area contributed by atoms with E-state index in [1.807, 2.05) is 17.5 Å². The minimum atomic E-state index is -0.888. The number of nitrogens with one attached hydrogen (secondary N) is 1. The number of allylic oxidation sites excluding steroid dienone is 1. The number of fused-ring (bicyclic) bond motifs is 1. The summed E-state index contributed by atoms with van der Waals surface area (Å²) < 4.78 is 0.485. The third kappa shape index (κ3) is 2.21. The molecule has 2 aromatic rings. The van der Waals surface area contributed by atoms with Crippen molar-refractivity contribution in [1.29, 1.82) is 0 Å². The fourth-order valence-electron chi connectivity index (χ4n) is 2.45. The Bertz CT molecular complexity index is 773. The topological polar surface area (TPSA) is 66.0 Å². The first-order valence-electron chi connectivity index (χ1n) is 6.14. The predicted molar refractivity (Wildman–Crippen MR) is 80.5 cm³/mol. The fraction of sp³-hybridized carbons (Fsp3) is 0.214. The molecule has 0 aromatic carbocycles. The molecular formula is C14H12N2O2S2. The Morgan fingerprint density at radius 1 is 1.60 bits per heavy atom. The Morgan fingerprint density at radius 3 is 3.05 bits per heavy atom. The van der Waals surface area contributed by atoms with E-state index in [0.29, 0.717) is 23.1 Å². The Labute approximate surface area is 124 Å². The molecule has 2 heterocycles. The molecule has 1 aliphatic carbocycles. The van der Waals surface area contributed by atoms with Crippen molar-refractivity contribution in [1.82, 2.24) is 9.97 Å². The Kier molecular flexibility index (Phi) is 3.27. The first kappa shape index (κ1) is 13.2. The average Bonchev–Trinajstić information content (AvgIpc) is 2.97. The molecule has 0 amide bonds. The summed E-state index contributed by atoms with van der Waals surface area (Å²) in [6.45, 7) is 1.79. The van der Waals surface area contributed by atoms with Crippen LogP contribution in [-0.4, -0.2) is 21.0 Å². The number of thiophene rings is 1. The van der Waals surface area contributed by atoms with Gasteiger partial charge >= 0.3 is 5.97 Å². The summed E-state index contributed by atoms with van der Waals surface area (Å²) in [6.07, 6.45) is 1.08. The maximum atomic E-state index is 11.2. The average molecular weight is 304 g/mol. The highest BCUT2D eigenvalue weighted by Gasteiger charge is 2.25. The van der Waals surface area contributed by atoms with Crippen LogP contribution in [0.4, 0.5) is 0 Å². The number of aromatic nitrogens is 2. The number of hydrogen-bond donors (Lipinski definition) is 2. The second-order valence-corrected chi connectivity index (χ2v) is 6.10. The molecule has 0 fully saturated rings. The lowest BCUT2D eigenvalue weighted by Gasteiger charge is -2.05. The van der Waals surface area contributed by atoms with Gasteiger partial charge in [-0.3, -0.25) is 0 Å². The fourth-order valence-corrected chi connectivity index (χ4v) is 3.55. The van der Waals surface area contributed by atoms with Gasteiger partial charge in [0.1, 0.15) is 10.5 Å². The van der Waals surface area contributed by atoms with Crippen LogP contribution >= 0.6 is 23.6 Å². The third-order valence-electron chi connectivity index (χ3n) is 3.41. The maximum Gasteiger partial charge on any atom is 0.332 e. The number of carbonyl (C=O) groups is 1. The van der Waals surface area contributed by atoms with E-state index in [2.05, 4.69) is 9.97 Å². The summed E-state index contributed by atoms with van der Waals surface area (Å²) in [6, 6.07) is 4.04. The molecule has 0 unspecified atom stereocenters. The summed E-state index contributed by atoms with van der Waals surface area (Å²) in [4.78, 5) is 20.1. The van der Waals surface area contributed by atoms with Crippen LogP contribution in [0, 0.1) is 4.64 Å². The van der Waals surface area contributed by atoms with Gasteiger partial charge in [0.25, 0.3) is 0 Å². The van der Waals surface area contributed by atoms with Crippen molar-refractivity contribution in [2.45, 2.75) is 19.8 Å². The summed E-state index contributed by atoms with van der Waals surface area (Å²) in [7, 11) is 0. The zero-order valence-corrected chi connectivity index (χ0v) is 12.4. The molecule has 4 nitrogen and oxygen atoms in total. The van der Waals surface area contributed by atoms with Gasteiger partial charge in [0, 0.05) is 34.5 Å². The van der Waals surface area contributed by atoms with E-state index in [4.69, 9.17) is 12.2 Å². The molecular weight excluding hydrogens is 292 g/mol. The number of carboxylic acid groups (broad SMARTS) is 1. The molecule has 0 bridgehead atoms. The molecule has 1 aliphatic rings. The van der Waals surface area contributed by atoms with Crippen LogP contribution in [-0.2, 0) is 17.6 Å². The molecule has 3 rings (SSSR count). The van der Waals surface area contributed by atoms with Crippen molar-refractivity contribution in [3.63, 3.8) is 0 Å². The smallest absolute Gasteiger partial charge is 0.332 e. The minimum absolute atomic E-state index is 0.389. The van der Waals surface area contributed by atoms with E-state index < -0.39 is 5.97 Å². The van der Waals surface area contributed by atoms with Gasteiger partial charge < -0.3 is 10.1 Å². The van der Waals surface area contributed by atoms with Crippen molar-refractivity contribution in [2.24, 2.45) is 0 Å². The van der Waals surface area contributed by atoms with Crippen molar-refractivity contribution in [3.05, 3.63) is 49.7 Å². The van der Waals surface area contributed by atoms with E-state index in [0.717, 1.165) is 22.7 Å². The van der Waals surface area contributed by atoms with Crippen molar-refractivity contribution in [2.75, 3.05) is 0 Å². The summed E-state index contributed by atoms with van der Waals surface area (Å²) in [5.41, 5.74) is 2.78. The van der Waals surface area contributed by atoms with Crippen LogP contribution in [0.2, 0.25) is 0 Å². The quantitative estimate of drug-likeness (QED) is 0.855. The lowest BCUT2D eigenvalue weighted by atomic mass is 10.1. The second-order valence-electron chi connectivity index (χ2n) is 4.68. The van der Waals surface area contributed by atoms with Crippen LogP contribution in [0.1, 0.15) is 28.9 Å². The number of rotatable bonds is 3. The largest absolute Gasteiger partial charge is 0.478 e. The molecule has 0 aliphatic heterocycles.